The van der Waals surface area contributed by atoms with Crippen molar-refractivity contribution in [1.29, 1.82) is 0 Å². The molecule has 4 rings (SSSR count). The molecule has 2 aromatic heterocycles. The second kappa shape index (κ2) is 7.74. The fraction of sp³-hybridized carbons (Fsp3) is 0.400. The van der Waals surface area contributed by atoms with Gasteiger partial charge in [0.05, 0.1) is 5.69 Å². The van der Waals surface area contributed by atoms with Crippen molar-refractivity contribution in [2.45, 2.75) is 39.3 Å². The van der Waals surface area contributed by atoms with Crippen LogP contribution in [-0.4, -0.2) is 31.3 Å². The van der Waals surface area contributed by atoms with Crippen LogP contribution in [0.15, 0.2) is 42.6 Å². The van der Waals surface area contributed by atoms with Crippen molar-refractivity contribution in [2.75, 3.05) is 6.54 Å². The van der Waals surface area contributed by atoms with E-state index in [9.17, 15) is 0 Å². The molecule has 0 saturated heterocycles. The highest BCUT2D eigenvalue weighted by Gasteiger charge is 2.21. The molecular weight excluding hydrogens is 324 g/mol. The topological polar surface area (TPSA) is 68.5 Å². The summed E-state index contributed by atoms with van der Waals surface area (Å²) in [5, 5.41) is 12.2. The normalized spacial score (nSPS) is 16.4. The predicted molar refractivity (Wildman–Crippen MR) is 100 cm³/mol. The summed E-state index contributed by atoms with van der Waals surface area (Å²) in [5.41, 5.74) is 2.07. The van der Waals surface area contributed by atoms with Gasteiger partial charge in [-0.25, -0.2) is 9.97 Å². The molecule has 1 aromatic carbocycles. The summed E-state index contributed by atoms with van der Waals surface area (Å²) < 4.78 is 2.30. The third-order valence-electron chi connectivity index (χ3n) is 4.92. The summed E-state index contributed by atoms with van der Waals surface area (Å²) in [7, 11) is 0. The zero-order valence-electron chi connectivity index (χ0n) is 15.1. The van der Waals surface area contributed by atoms with Gasteiger partial charge in [0.25, 0.3) is 0 Å². The molecule has 3 heterocycles. The number of nitrogens with zero attached hydrogens (tertiary/aromatic N) is 5. The first-order valence-electron chi connectivity index (χ1n) is 9.32. The standard InChI is InChI=1S/C20H24N6/c1-2-18-24-25-19-9-8-15(14-26(18)19)12-21-13-17-10-11-22-20(23-17)16-6-4-3-5-7-16/h3-7,10-11,15,21H,2,8-9,12-14H2,1H3/t15-/m1/s1. The maximum absolute atomic E-state index is 4.68. The Bertz CT molecular complexity index is 844. The van der Waals surface area contributed by atoms with Crippen LogP contribution in [0.3, 0.4) is 0 Å². The largest absolute Gasteiger partial charge is 0.315 e. The van der Waals surface area contributed by atoms with E-state index in [4.69, 9.17) is 0 Å². The average Bonchev–Trinajstić information content (AvgIpc) is 3.11. The van der Waals surface area contributed by atoms with Gasteiger partial charge in [-0.3, -0.25) is 0 Å². The molecule has 0 spiro atoms. The van der Waals surface area contributed by atoms with Gasteiger partial charge in [-0.05, 0) is 18.4 Å². The minimum Gasteiger partial charge on any atom is -0.315 e. The molecule has 1 aliphatic heterocycles. The maximum atomic E-state index is 4.68. The number of benzene rings is 1. The summed E-state index contributed by atoms with van der Waals surface area (Å²) in [4.78, 5) is 9.07. The molecule has 6 heteroatoms. The lowest BCUT2D eigenvalue weighted by molar-refractivity contribution is 0.342. The Kier molecular flexibility index (Phi) is 5.02. The summed E-state index contributed by atoms with van der Waals surface area (Å²) in [6.45, 7) is 4.89. The molecule has 134 valence electrons. The van der Waals surface area contributed by atoms with Gasteiger partial charge in [0.1, 0.15) is 11.6 Å². The zero-order chi connectivity index (χ0) is 17.8. The van der Waals surface area contributed by atoms with Crippen LogP contribution in [0.2, 0.25) is 0 Å². The van der Waals surface area contributed by atoms with Crippen LogP contribution in [-0.2, 0) is 25.9 Å². The van der Waals surface area contributed by atoms with E-state index < -0.39 is 0 Å². The highest BCUT2D eigenvalue weighted by molar-refractivity contribution is 5.54. The fourth-order valence-electron chi connectivity index (χ4n) is 3.50. The van der Waals surface area contributed by atoms with Gasteiger partial charge in [-0.15, -0.1) is 10.2 Å². The Labute approximate surface area is 153 Å². The van der Waals surface area contributed by atoms with Crippen LogP contribution < -0.4 is 5.32 Å². The van der Waals surface area contributed by atoms with E-state index in [1.165, 1.54) is 0 Å². The van der Waals surface area contributed by atoms with Gasteiger partial charge in [-0.2, -0.15) is 0 Å². The average molecular weight is 348 g/mol. The smallest absolute Gasteiger partial charge is 0.159 e. The quantitative estimate of drug-likeness (QED) is 0.742. The molecule has 0 aliphatic carbocycles. The summed E-state index contributed by atoms with van der Waals surface area (Å²) in [5.74, 6) is 3.64. The van der Waals surface area contributed by atoms with Gasteiger partial charge in [0, 0.05) is 44.2 Å². The summed E-state index contributed by atoms with van der Waals surface area (Å²) in [6, 6.07) is 12.1. The zero-order valence-corrected chi connectivity index (χ0v) is 15.1. The van der Waals surface area contributed by atoms with E-state index in [1.54, 1.807) is 0 Å². The summed E-state index contributed by atoms with van der Waals surface area (Å²) >= 11 is 0. The molecule has 6 nitrogen and oxygen atoms in total. The second-order valence-corrected chi connectivity index (χ2v) is 6.77. The molecule has 0 saturated carbocycles. The van der Waals surface area contributed by atoms with E-state index in [-0.39, 0.29) is 0 Å². The fourth-order valence-corrected chi connectivity index (χ4v) is 3.50. The van der Waals surface area contributed by atoms with Gasteiger partial charge >= 0.3 is 0 Å². The van der Waals surface area contributed by atoms with Gasteiger partial charge in [0.15, 0.2) is 5.82 Å². The van der Waals surface area contributed by atoms with Crippen molar-refractivity contribution in [3.05, 3.63) is 59.9 Å². The van der Waals surface area contributed by atoms with E-state index in [0.717, 1.165) is 67.6 Å². The van der Waals surface area contributed by atoms with Crippen molar-refractivity contribution < 1.29 is 0 Å². The van der Waals surface area contributed by atoms with Crippen LogP contribution in [0.5, 0.6) is 0 Å². The van der Waals surface area contributed by atoms with Crippen molar-refractivity contribution in [1.82, 2.24) is 30.0 Å². The number of hydrogen-bond donors (Lipinski definition) is 1. The van der Waals surface area contributed by atoms with E-state index in [0.29, 0.717) is 5.92 Å². The monoisotopic (exact) mass is 348 g/mol. The first kappa shape index (κ1) is 16.8. The molecular formula is C20H24N6. The van der Waals surface area contributed by atoms with E-state index in [2.05, 4.69) is 37.0 Å². The highest BCUT2D eigenvalue weighted by atomic mass is 15.3. The molecule has 0 radical (unpaired) electrons. The Morgan fingerprint density at radius 3 is 2.88 bits per heavy atom. The van der Waals surface area contributed by atoms with Crippen molar-refractivity contribution >= 4 is 0 Å². The van der Waals surface area contributed by atoms with Crippen LogP contribution in [0.4, 0.5) is 0 Å². The summed E-state index contributed by atoms with van der Waals surface area (Å²) in [6.07, 6.45) is 4.96. The third-order valence-corrected chi connectivity index (χ3v) is 4.92. The number of rotatable bonds is 6. The maximum Gasteiger partial charge on any atom is 0.159 e. The molecule has 3 aromatic rings. The Hall–Kier alpha value is -2.60. The second-order valence-electron chi connectivity index (χ2n) is 6.77. The predicted octanol–water partition coefficient (Wildman–Crippen LogP) is 2.65. The van der Waals surface area contributed by atoms with Gasteiger partial charge in [0.2, 0.25) is 0 Å². The molecule has 0 fully saturated rings. The van der Waals surface area contributed by atoms with E-state index >= 15 is 0 Å². The van der Waals surface area contributed by atoms with Gasteiger partial charge < -0.3 is 9.88 Å². The lowest BCUT2D eigenvalue weighted by atomic mass is 9.99. The molecule has 1 atom stereocenters. The third kappa shape index (κ3) is 3.65. The number of hydrogen-bond acceptors (Lipinski definition) is 5. The van der Waals surface area contributed by atoms with Crippen molar-refractivity contribution in [3.63, 3.8) is 0 Å². The molecule has 0 amide bonds. The van der Waals surface area contributed by atoms with Crippen LogP contribution in [0.25, 0.3) is 11.4 Å². The van der Waals surface area contributed by atoms with Crippen LogP contribution in [0, 0.1) is 5.92 Å². The lowest BCUT2D eigenvalue weighted by Crippen LogP contribution is -2.30. The molecule has 0 unspecified atom stereocenters. The Balaban J connectivity index is 1.34. The number of nitrogens with one attached hydrogen (secondary N) is 1. The number of aryl methyl sites for hydroxylation is 2. The molecule has 0 bridgehead atoms. The van der Waals surface area contributed by atoms with Crippen molar-refractivity contribution in [2.24, 2.45) is 5.92 Å². The number of aromatic nitrogens is 5. The van der Waals surface area contributed by atoms with Gasteiger partial charge in [-0.1, -0.05) is 37.3 Å². The molecule has 1 N–H and O–H groups in total. The minimum atomic E-state index is 0.610. The van der Waals surface area contributed by atoms with Crippen LogP contribution in [0.1, 0.15) is 30.7 Å². The molecule has 1 aliphatic rings. The van der Waals surface area contributed by atoms with Crippen molar-refractivity contribution in [3.8, 4) is 11.4 Å². The Morgan fingerprint density at radius 1 is 1.15 bits per heavy atom. The minimum absolute atomic E-state index is 0.610. The Morgan fingerprint density at radius 2 is 2.04 bits per heavy atom. The first-order valence-corrected chi connectivity index (χ1v) is 9.32. The van der Waals surface area contributed by atoms with Crippen LogP contribution >= 0.6 is 0 Å². The highest BCUT2D eigenvalue weighted by Crippen LogP contribution is 2.20. The first-order chi connectivity index (χ1) is 12.8. The molecule has 26 heavy (non-hydrogen) atoms. The lowest BCUT2D eigenvalue weighted by Gasteiger charge is -2.24. The van der Waals surface area contributed by atoms with E-state index in [1.807, 2.05) is 42.6 Å². The number of fused-ring (bicyclic) bond motifs is 1. The SMILES string of the molecule is CCc1nnc2n1C[C@@H](CNCc1ccnc(-c3ccccc3)n1)CC2.